The Morgan fingerprint density at radius 3 is 2.67 bits per heavy atom. The number of carboxylic acids is 1. The summed E-state index contributed by atoms with van der Waals surface area (Å²) in [5.74, 6) is -2.24. The number of aromatic nitrogens is 2. The Labute approximate surface area is 224 Å². The maximum Gasteiger partial charge on any atom is 0.416 e. The SMILES string of the molecule is O=C(O)CCC(NC(=O)CNC(=O)c1cc(NC2=NCC(F)CN2)cc2[nH]ncc12)c1cccc(C(F)(F)F)c1. The van der Waals surface area contributed by atoms with Crippen molar-refractivity contribution in [2.24, 2.45) is 4.99 Å². The fraction of sp³-hybridized carbons (Fsp3) is 0.320. The van der Waals surface area contributed by atoms with E-state index in [0.717, 1.165) is 12.1 Å². The molecule has 2 aromatic carbocycles. The van der Waals surface area contributed by atoms with Crippen LogP contribution in [0.1, 0.15) is 40.4 Å². The number of carboxylic acid groups (broad SMARTS) is 1. The van der Waals surface area contributed by atoms with E-state index in [-0.39, 0.29) is 30.6 Å². The monoisotopic (exact) mass is 563 g/mol. The molecule has 0 spiro atoms. The van der Waals surface area contributed by atoms with Gasteiger partial charge in [-0.3, -0.25) is 19.5 Å². The van der Waals surface area contributed by atoms with Crippen molar-refractivity contribution < 1.29 is 37.1 Å². The first kappa shape index (κ1) is 28.3. The number of fused-ring (bicyclic) bond motifs is 1. The fourth-order valence-corrected chi connectivity index (χ4v) is 4.07. The molecule has 0 bridgehead atoms. The Kier molecular flexibility index (Phi) is 8.50. The lowest BCUT2D eigenvalue weighted by Gasteiger charge is -2.20. The highest BCUT2D eigenvalue weighted by Gasteiger charge is 2.31. The van der Waals surface area contributed by atoms with Crippen LogP contribution >= 0.6 is 0 Å². The lowest BCUT2D eigenvalue weighted by molar-refractivity contribution is -0.138. The van der Waals surface area contributed by atoms with Crippen molar-refractivity contribution in [3.05, 3.63) is 59.3 Å². The van der Waals surface area contributed by atoms with Crippen LogP contribution in [0.25, 0.3) is 10.9 Å². The number of carbonyl (C=O) groups excluding carboxylic acids is 2. The lowest BCUT2D eigenvalue weighted by atomic mass is 9.99. The van der Waals surface area contributed by atoms with Crippen LogP contribution in [0, 0.1) is 0 Å². The maximum absolute atomic E-state index is 13.3. The molecule has 0 fully saturated rings. The molecule has 1 aliphatic rings. The van der Waals surface area contributed by atoms with Crippen LogP contribution in [-0.4, -0.2) is 64.9 Å². The maximum atomic E-state index is 13.3. The second kappa shape index (κ2) is 12.0. The summed E-state index contributed by atoms with van der Waals surface area (Å²) in [5, 5.41) is 26.9. The van der Waals surface area contributed by atoms with Gasteiger partial charge in [0, 0.05) is 17.5 Å². The highest BCUT2D eigenvalue weighted by atomic mass is 19.4. The molecule has 0 saturated heterocycles. The summed E-state index contributed by atoms with van der Waals surface area (Å²) >= 11 is 0. The number of benzene rings is 2. The molecule has 2 unspecified atom stereocenters. The third kappa shape index (κ3) is 7.24. The molecule has 3 aromatic rings. The number of halogens is 4. The molecule has 0 saturated carbocycles. The van der Waals surface area contributed by atoms with Gasteiger partial charge in [-0.2, -0.15) is 18.3 Å². The third-order valence-electron chi connectivity index (χ3n) is 6.01. The topological polar surface area (TPSA) is 161 Å². The number of nitrogens with zero attached hydrogens (tertiary/aromatic N) is 2. The normalized spacial score (nSPS) is 16.0. The molecule has 4 rings (SSSR count). The second-order valence-corrected chi connectivity index (χ2v) is 9.01. The molecule has 11 nitrogen and oxygen atoms in total. The van der Waals surface area contributed by atoms with E-state index in [1.807, 2.05) is 0 Å². The predicted molar refractivity (Wildman–Crippen MR) is 136 cm³/mol. The number of carbonyl (C=O) groups is 3. The molecular formula is C25H25F4N7O4. The largest absolute Gasteiger partial charge is 0.481 e. The number of alkyl halides is 4. The molecule has 2 atom stereocenters. The van der Waals surface area contributed by atoms with E-state index in [2.05, 4.69) is 36.5 Å². The number of H-pyrrole nitrogens is 1. The molecule has 212 valence electrons. The van der Waals surface area contributed by atoms with E-state index in [1.165, 1.54) is 24.4 Å². The molecule has 1 aromatic heterocycles. The Balaban J connectivity index is 1.45. The summed E-state index contributed by atoms with van der Waals surface area (Å²) in [6.45, 7) is -0.475. The van der Waals surface area contributed by atoms with Gasteiger partial charge in [-0.15, -0.1) is 0 Å². The summed E-state index contributed by atoms with van der Waals surface area (Å²) in [5.41, 5.74) is 0.227. The first-order chi connectivity index (χ1) is 19.0. The van der Waals surface area contributed by atoms with Gasteiger partial charge in [0.1, 0.15) is 6.17 Å². The third-order valence-corrected chi connectivity index (χ3v) is 6.01. The molecule has 1 aliphatic heterocycles. The van der Waals surface area contributed by atoms with Crippen LogP contribution in [-0.2, 0) is 15.8 Å². The molecular weight excluding hydrogens is 538 g/mol. The Morgan fingerprint density at radius 1 is 1.18 bits per heavy atom. The predicted octanol–water partition coefficient (Wildman–Crippen LogP) is 2.74. The number of anilines is 1. The molecule has 0 aliphatic carbocycles. The van der Waals surface area contributed by atoms with Crippen molar-refractivity contribution in [2.75, 3.05) is 25.0 Å². The van der Waals surface area contributed by atoms with E-state index in [0.29, 0.717) is 22.5 Å². The van der Waals surface area contributed by atoms with E-state index in [1.54, 1.807) is 6.07 Å². The lowest BCUT2D eigenvalue weighted by Crippen LogP contribution is -2.41. The van der Waals surface area contributed by atoms with Crippen molar-refractivity contribution in [1.29, 1.82) is 0 Å². The standard InChI is InChI=1S/C25H25F4N7O4/c26-15-9-31-24(32-10-15)34-16-7-17(18-11-33-36-20(18)8-16)23(40)30-12-21(37)35-19(4-5-22(38)39)13-2-1-3-14(6-13)25(27,28)29/h1-3,6-8,11,15,19H,4-5,9-10,12H2,(H,30,40)(H,33,36)(H,35,37)(H,38,39)(H2,31,32,34). The van der Waals surface area contributed by atoms with Gasteiger partial charge in [0.25, 0.3) is 5.91 Å². The minimum Gasteiger partial charge on any atom is -0.481 e. The zero-order valence-corrected chi connectivity index (χ0v) is 20.8. The minimum atomic E-state index is -4.62. The quantitative estimate of drug-likeness (QED) is 0.218. The summed E-state index contributed by atoms with van der Waals surface area (Å²) in [6.07, 6.45) is -4.88. The van der Waals surface area contributed by atoms with Crippen molar-refractivity contribution in [3.63, 3.8) is 0 Å². The summed E-state index contributed by atoms with van der Waals surface area (Å²) in [7, 11) is 0. The molecule has 2 amide bonds. The number of nitrogens with one attached hydrogen (secondary N) is 5. The zero-order chi connectivity index (χ0) is 28.9. The molecule has 40 heavy (non-hydrogen) atoms. The number of guanidine groups is 1. The minimum absolute atomic E-state index is 0.0158. The molecule has 0 radical (unpaired) electrons. The van der Waals surface area contributed by atoms with Gasteiger partial charge < -0.3 is 26.4 Å². The number of aromatic amines is 1. The van der Waals surface area contributed by atoms with Gasteiger partial charge in [0.15, 0.2) is 5.96 Å². The van der Waals surface area contributed by atoms with Crippen LogP contribution in [0.15, 0.2) is 47.6 Å². The van der Waals surface area contributed by atoms with Crippen LogP contribution in [0.3, 0.4) is 0 Å². The summed E-state index contributed by atoms with van der Waals surface area (Å²) in [6, 6.07) is 6.36. The van der Waals surface area contributed by atoms with Gasteiger partial charge >= 0.3 is 12.1 Å². The van der Waals surface area contributed by atoms with Crippen molar-refractivity contribution >= 4 is 40.3 Å². The highest BCUT2D eigenvalue weighted by Crippen LogP contribution is 2.31. The number of amides is 2. The fourth-order valence-electron chi connectivity index (χ4n) is 4.07. The van der Waals surface area contributed by atoms with Crippen LogP contribution < -0.4 is 21.3 Å². The summed E-state index contributed by atoms with van der Waals surface area (Å²) < 4.78 is 52.9. The number of rotatable bonds is 9. The van der Waals surface area contributed by atoms with Gasteiger partial charge in [0.05, 0.1) is 48.5 Å². The van der Waals surface area contributed by atoms with Crippen LogP contribution in [0.5, 0.6) is 0 Å². The van der Waals surface area contributed by atoms with Gasteiger partial charge in [-0.1, -0.05) is 12.1 Å². The highest BCUT2D eigenvalue weighted by molar-refractivity contribution is 6.09. The first-order valence-corrected chi connectivity index (χ1v) is 12.1. The number of hydrogen-bond donors (Lipinski definition) is 6. The average molecular weight is 564 g/mol. The zero-order valence-electron chi connectivity index (χ0n) is 20.8. The van der Waals surface area contributed by atoms with Crippen LogP contribution in [0.2, 0.25) is 0 Å². The molecule has 15 heteroatoms. The van der Waals surface area contributed by atoms with E-state index in [4.69, 9.17) is 5.11 Å². The van der Waals surface area contributed by atoms with Crippen molar-refractivity contribution in [3.8, 4) is 0 Å². The van der Waals surface area contributed by atoms with Crippen LogP contribution in [0.4, 0.5) is 23.2 Å². The number of hydrogen-bond acceptors (Lipinski definition) is 7. The number of aliphatic carboxylic acids is 1. The smallest absolute Gasteiger partial charge is 0.416 e. The summed E-state index contributed by atoms with van der Waals surface area (Å²) in [4.78, 5) is 40.8. The first-order valence-electron chi connectivity index (χ1n) is 12.1. The van der Waals surface area contributed by atoms with Gasteiger partial charge in [-0.25, -0.2) is 9.38 Å². The van der Waals surface area contributed by atoms with Crippen molar-refractivity contribution in [2.45, 2.75) is 31.2 Å². The Morgan fingerprint density at radius 2 is 1.98 bits per heavy atom. The average Bonchev–Trinajstić information content (AvgIpc) is 3.38. The van der Waals surface area contributed by atoms with Gasteiger partial charge in [0.2, 0.25) is 5.91 Å². The second-order valence-electron chi connectivity index (χ2n) is 9.01. The van der Waals surface area contributed by atoms with E-state index in [9.17, 15) is 31.9 Å². The molecule has 6 N–H and O–H groups in total. The van der Waals surface area contributed by atoms with E-state index >= 15 is 0 Å². The van der Waals surface area contributed by atoms with E-state index < -0.39 is 54.7 Å². The Hall–Kier alpha value is -4.69. The Bertz CT molecular complexity index is 1440. The molecule has 2 heterocycles. The van der Waals surface area contributed by atoms with Crippen molar-refractivity contribution in [1.82, 2.24) is 26.1 Å². The number of aliphatic imine (C=N–C) groups is 1. The van der Waals surface area contributed by atoms with Gasteiger partial charge in [-0.05, 0) is 36.2 Å².